The van der Waals surface area contributed by atoms with E-state index in [0.717, 1.165) is 0 Å². The fourth-order valence-corrected chi connectivity index (χ4v) is 2.67. The van der Waals surface area contributed by atoms with Crippen molar-refractivity contribution in [2.24, 2.45) is 0 Å². The van der Waals surface area contributed by atoms with Crippen molar-refractivity contribution in [2.45, 2.75) is 44.8 Å². The Bertz CT molecular complexity index is 568. The lowest BCUT2D eigenvalue weighted by Gasteiger charge is -2.18. The third-order valence-corrected chi connectivity index (χ3v) is 4.06. The van der Waals surface area contributed by atoms with Crippen molar-refractivity contribution < 1.29 is 19.1 Å². The number of rotatable bonds is 2. The van der Waals surface area contributed by atoms with Crippen molar-refractivity contribution in [1.82, 2.24) is 0 Å². The Morgan fingerprint density at radius 1 is 1.36 bits per heavy atom. The Labute approximate surface area is 138 Å². The van der Waals surface area contributed by atoms with Crippen LogP contribution in [0.5, 0.6) is 0 Å². The second-order valence-electron chi connectivity index (χ2n) is 5.28. The molecule has 1 aromatic carbocycles. The minimum Gasteiger partial charge on any atom is -0.462 e. The highest BCUT2D eigenvalue weighted by atomic mass is 79.9. The second kappa shape index (κ2) is 8.13. The standard InChI is InChI=1S/C17H19BrO4/c1-12-6-4-7-13(8-5-11-16(19)21-12)22-17(20)14-9-2-3-10-15(14)18/h2-4,7,9-10,12-13H,5-6,8,11H2,1H3/b7-4+/t12-,13+/m1/s1. The minimum atomic E-state index is -0.366. The Kier molecular flexibility index (Phi) is 6.19. The van der Waals surface area contributed by atoms with Gasteiger partial charge < -0.3 is 9.47 Å². The third kappa shape index (κ3) is 4.98. The zero-order valence-electron chi connectivity index (χ0n) is 12.5. The van der Waals surface area contributed by atoms with Crippen LogP contribution in [-0.2, 0) is 14.3 Å². The SMILES string of the molecule is C[C@@H]1C/C=C/[C@H](OC(=O)c2ccccc2Br)CCCC(=O)O1. The van der Waals surface area contributed by atoms with E-state index < -0.39 is 0 Å². The highest BCUT2D eigenvalue weighted by Gasteiger charge is 2.18. The molecule has 1 aliphatic rings. The van der Waals surface area contributed by atoms with Gasteiger partial charge in [0.1, 0.15) is 12.2 Å². The van der Waals surface area contributed by atoms with E-state index in [2.05, 4.69) is 15.9 Å². The van der Waals surface area contributed by atoms with Crippen LogP contribution in [0, 0.1) is 0 Å². The summed E-state index contributed by atoms with van der Waals surface area (Å²) in [5.74, 6) is -0.562. The molecule has 0 amide bonds. The van der Waals surface area contributed by atoms with Gasteiger partial charge in [0, 0.05) is 17.3 Å². The Morgan fingerprint density at radius 2 is 2.14 bits per heavy atom. The lowest BCUT2D eigenvalue weighted by Crippen LogP contribution is -2.20. The fourth-order valence-electron chi connectivity index (χ4n) is 2.22. The molecular formula is C17H19BrO4. The van der Waals surface area contributed by atoms with Gasteiger partial charge in [-0.1, -0.05) is 18.2 Å². The average Bonchev–Trinajstić information content (AvgIpc) is 2.46. The van der Waals surface area contributed by atoms with Gasteiger partial charge in [-0.15, -0.1) is 0 Å². The van der Waals surface area contributed by atoms with E-state index in [-0.39, 0.29) is 24.1 Å². The molecule has 1 aromatic rings. The number of cyclic esters (lactones) is 1. The predicted molar refractivity (Wildman–Crippen MR) is 86.5 cm³/mol. The maximum atomic E-state index is 12.2. The van der Waals surface area contributed by atoms with Crippen molar-refractivity contribution in [2.75, 3.05) is 0 Å². The molecule has 1 heterocycles. The van der Waals surface area contributed by atoms with Gasteiger partial charge in [0.2, 0.25) is 0 Å². The molecule has 2 rings (SSSR count). The first-order valence-corrected chi connectivity index (χ1v) is 8.17. The van der Waals surface area contributed by atoms with Crippen LogP contribution in [0.1, 0.15) is 43.0 Å². The molecule has 1 aliphatic heterocycles. The number of hydrogen-bond donors (Lipinski definition) is 0. The molecule has 22 heavy (non-hydrogen) atoms. The zero-order valence-corrected chi connectivity index (χ0v) is 14.0. The summed E-state index contributed by atoms with van der Waals surface area (Å²) in [4.78, 5) is 23.8. The van der Waals surface area contributed by atoms with Crippen LogP contribution < -0.4 is 0 Å². The van der Waals surface area contributed by atoms with E-state index in [4.69, 9.17) is 9.47 Å². The summed E-state index contributed by atoms with van der Waals surface area (Å²) in [5.41, 5.74) is 0.501. The molecule has 4 nitrogen and oxygen atoms in total. The monoisotopic (exact) mass is 366 g/mol. The zero-order chi connectivity index (χ0) is 15.9. The molecule has 0 fully saturated rings. The molecule has 2 atom stereocenters. The molecule has 0 aliphatic carbocycles. The largest absolute Gasteiger partial charge is 0.462 e. The highest BCUT2D eigenvalue weighted by Crippen LogP contribution is 2.19. The lowest BCUT2D eigenvalue weighted by atomic mass is 10.1. The minimum absolute atomic E-state index is 0.151. The van der Waals surface area contributed by atoms with E-state index >= 15 is 0 Å². The van der Waals surface area contributed by atoms with Gasteiger partial charge in [-0.25, -0.2) is 4.79 Å². The van der Waals surface area contributed by atoms with Crippen LogP contribution in [-0.4, -0.2) is 24.1 Å². The number of halogens is 1. The van der Waals surface area contributed by atoms with Gasteiger partial charge in [0.25, 0.3) is 0 Å². The first-order chi connectivity index (χ1) is 10.6. The first kappa shape index (κ1) is 16.7. The fraction of sp³-hybridized carbons (Fsp3) is 0.412. The van der Waals surface area contributed by atoms with Gasteiger partial charge in [-0.05, 0) is 53.9 Å². The predicted octanol–water partition coefficient (Wildman–Crippen LogP) is 4.04. The number of hydrogen-bond acceptors (Lipinski definition) is 4. The van der Waals surface area contributed by atoms with Crippen molar-refractivity contribution in [3.05, 3.63) is 46.5 Å². The summed E-state index contributed by atoms with van der Waals surface area (Å²) in [6, 6.07) is 7.16. The van der Waals surface area contributed by atoms with E-state index in [1.807, 2.05) is 25.1 Å². The Balaban J connectivity index is 2.03. The molecule has 5 heteroatoms. The maximum Gasteiger partial charge on any atom is 0.339 e. The molecule has 118 valence electrons. The van der Waals surface area contributed by atoms with E-state index in [9.17, 15) is 9.59 Å². The van der Waals surface area contributed by atoms with Gasteiger partial charge >= 0.3 is 11.9 Å². The highest BCUT2D eigenvalue weighted by molar-refractivity contribution is 9.10. The summed E-state index contributed by atoms with van der Waals surface area (Å²) in [6.45, 7) is 1.85. The van der Waals surface area contributed by atoms with Gasteiger partial charge in [-0.2, -0.15) is 0 Å². The summed E-state index contributed by atoms with van der Waals surface area (Å²) < 4.78 is 11.5. The van der Waals surface area contributed by atoms with Crippen molar-refractivity contribution in [3.63, 3.8) is 0 Å². The lowest BCUT2D eigenvalue weighted by molar-refractivity contribution is -0.148. The third-order valence-electron chi connectivity index (χ3n) is 3.37. The molecule has 0 spiro atoms. The molecule has 0 saturated carbocycles. The summed E-state index contributed by atoms with van der Waals surface area (Å²) >= 11 is 3.35. The first-order valence-electron chi connectivity index (χ1n) is 7.38. The average molecular weight is 367 g/mol. The van der Waals surface area contributed by atoms with Crippen LogP contribution in [0.3, 0.4) is 0 Å². The van der Waals surface area contributed by atoms with E-state index in [0.29, 0.717) is 35.7 Å². The van der Waals surface area contributed by atoms with E-state index in [1.165, 1.54) is 0 Å². The Hall–Kier alpha value is -1.62. The van der Waals surface area contributed by atoms with Gasteiger partial charge in [0.15, 0.2) is 0 Å². The van der Waals surface area contributed by atoms with Crippen molar-refractivity contribution in [3.8, 4) is 0 Å². The number of benzene rings is 1. The number of ether oxygens (including phenoxy) is 2. The number of esters is 2. The molecule has 0 unspecified atom stereocenters. The number of carbonyl (C=O) groups is 2. The Morgan fingerprint density at radius 3 is 2.91 bits per heavy atom. The summed E-state index contributed by atoms with van der Waals surface area (Å²) in [7, 11) is 0. The summed E-state index contributed by atoms with van der Waals surface area (Å²) in [6.07, 6.45) is 5.51. The van der Waals surface area contributed by atoms with Crippen molar-refractivity contribution in [1.29, 1.82) is 0 Å². The van der Waals surface area contributed by atoms with E-state index in [1.54, 1.807) is 18.2 Å². The second-order valence-corrected chi connectivity index (χ2v) is 6.13. The quantitative estimate of drug-likeness (QED) is 0.585. The van der Waals surface area contributed by atoms with Gasteiger partial charge in [0.05, 0.1) is 5.56 Å². The van der Waals surface area contributed by atoms with Crippen LogP contribution in [0.2, 0.25) is 0 Å². The number of carbonyl (C=O) groups excluding carboxylic acids is 2. The van der Waals surface area contributed by atoms with Crippen LogP contribution >= 0.6 is 15.9 Å². The maximum absolute atomic E-state index is 12.2. The van der Waals surface area contributed by atoms with Crippen LogP contribution in [0.4, 0.5) is 0 Å². The smallest absolute Gasteiger partial charge is 0.339 e. The normalized spacial score (nSPS) is 24.2. The molecule has 0 bridgehead atoms. The molecule has 0 aromatic heterocycles. The van der Waals surface area contributed by atoms with Crippen molar-refractivity contribution >= 4 is 27.9 Å². The molecule has 0 N–H and O–H groups in total. The van der Waals surface area contributed by atoms with Crippen LogP contribution in [0.15, 0.2) is 40.9 Å². The topological polar surface area (TPSA) is 52.6 Å². The molecule has 0 radical (unpaired) electrons. The molecular weight excluding hydrogens is 348 g/mol. The molecule has 0 saturated heterocycles. The van der Waals surface area contributed by atoms with Crippen LogP contribution in [0.25, 0.3) is 0 Å². The van der Waals surface area contributed by atoms with Gasteiger partial charge in [-0.3, -0.25) is 4.79 Å². The summed E-state index contributed by atoms with van der Waals surface area (Å²) in [5, 5.41) is 0.